The van der Waals surface area contributed by atoms with E-state index in [1.165, 1.54) is 18.2 Å². The van der Waals surface area contributed by atoms with E-state index in [0.29, 0.717) is 17.1 Å². The Morgan fingerprint density at radius 3 is 2.38 bits per heavy atom. The summed E-state index contributed by atoms with van der Waals surface area (Å²) >= 11 is 0. The molecule has 5 nitrogen and oxygen atoms in total. The summed E-state index contributed by atoms with van der Waals surface area (Å²) in [6, 6.07) is 20.8. The summed E-state index contributed by atoms with van der Waals surface area (Å²) in [5, 5.41) is 0. The van der Waals surface area contributed by atoms with Gasteiger partial charge in [-0.3, -0.25) is 4.79 Å². The highest BCUT2D eigenvalue weighted by molar-refractivity contribution is 5.99. The van der Waals surface area contributed by atoms with Crippen LogP contribution >= 0.6 is 0 Å². The first-order valence-corrected chi connectivity index (χ1v) is 9.31. The molecule has 0 saturated carbocycles. The molecular formula is C24H20O5. The summed E-state index contributed by atoms with van der Waals surface area (Å²) in [7, 11) is 1.52. The van der Waals surface area contributed by atoms with Crippen LogP contribution in [0.15, 0.2) is 66.7 Å². The quantitative estimate of drug-likeness (QED) is 0.353. The normalized spacial score (nSPS) is 11.3. The maximum Gasteiger partial charge on any atom is 0.344 e. The lowest BCUT2D eigenvalue weighted by atomic mass is 10.0. The Kier molecular flexibility index (Phi) is 5.29. The highest BCUT2D eigenvalue weighted by Crippen LogP contribution is 2.36. The van der Waals surface area contributed by atoms with E-state index in [-0.39, 0.29) is 19.0 Å². The van der Waals surface area contributed by atoms with Crippen LogP contribution in [0.5, 0.6) is 11.5 Å². The molecule has 0 aliphatic heterocycles. The minimum atomic E-state index is -0.615. The summed E-state index contributed by atoms with van der Waals surface area (Å²) < 4.78 is 15.7. The third-order valence-corrected chi connectivity index (χ3v) is 4.90. The number of Topliss-reactive ketones (excluding diaryl/α,β-unsaturated/α-hetero) is 1. The van der Waals surface area contributed by atoms with E-state index in [0.717, 1.165) is 17.5 Å². The van der Waals surface area contributed by atoms with E-state index in [1.54, 1.807) is 30.3 Å². The number of carbonyl (C=O) groups is 2. The van der Waals surface area contributed by atoms with Crippen LogP contribution < -0.4 is 9.47 Å². The van der Waals surface area contributed by atoms with Gasteiger partial charge in [-0.15, -0.1) is 0 Å². The number of methoxy groups -OCH3 is 1. The number of hydrogen-bond donors (Lipinski definition) is 0. The monoisotopic (exact) mass is 388 g/mol. The van der Waals surface area contributed by atoms with E-state index in [1.807, 2.05) is 24.3 Å². The van der Waals surface area contributed by atoms with Gasteiger partial charge >= 0.3 is 5.97 Å². The smallest absolute Gasteiger partial charge is 0.344 e. The highest BCUT2D eigenvalue weighted by Gasteiger charge is 2.20. The maximum absolute atomic E-state index is 12.5. The van der Waals surface area contributed by atoms with Crippen molar-refractivity contribution >= 4 is 11.8 Å². The van der Waals surface area contributed by atoms with Crippen molar-refractivity contribution in [1.82, 2.24) is 0 Å². The number of rotatable bonds is 7. The van der Waals surface area contributed by atoms with E-state index < -0.39 is 5.97 Å². The fourth-order valence-corrected chi connectivity index (χ4v) is 3.44. The van der Waals surface area contributed by atoms with E-state index in [4.69, 9.17) is 14.2 Å². The number of para-hydroxylation sites is 2. The molecule has 0 N–H and O–H groups in total. The van der Waals surface area contributed by atoms with Crippen molar-refractivity contribution in [2.75, 3.05) is 20.3 Å². The van der Waals surface area contributed by atoms with Crippen LogP contribution in [0.2, 0.25) is 0 Å². The minimum absolute atomic E-state index is 0.247. The first kappa shape index (κ1) is 18.7. The number of carbonyl (C=O) groups excluding carboxylic acids is 2. The lowest BCUT2D eigenvalue weighted by molar-refractivity contribution is -0.144. The molecule has 1 aliphatic carbocycles. The van der Waals surface area contributed by atoms with Gasteiger partial charge < -0.3 is 14.2 Å². The predicted molar refractivity (Wildman–Crippen MR) is 108 cm³/mol. The molecule has 4 rings (SSSR count). The van der Waals surface area contributed by atoms with E-state index in [9.17, 15) is 9.59 Å². The van der Waals surface area contributed by atoms with E-state index >= 15 is 0 Å². The Labute approximate surface area is 168 Å². The lowest BCUT2D eigenvalue weighted by Crippen LogP contribution is -2.19. The molecule has 0 bridgehead atoms. The van der Waals surface area contributed by atoms with Gasteiger partial charge in [0.15, 0.2) is 30.5 Å². The Hall–Kier alpha value is -3.60. The van der Waals surface area contributed by atoms with Crippen molar-refractivity contribution in [3.05, 3.63) is 83.4 Å². The van der Waals surface area contributed by atoms with Crippen LogP contribution in [0.3, 0.4) is 0 Å². The summed E-state index contributed by atoms with van der Waals surface area (Å²) in [6.45, 7) is -0.625. The van der Waals surface area contributed by atoms with Crippen molar-refractivity contribution in [3.8, 4) is 22.6 Å². The second-order valence-electron chi connectivity index (χ2n) is 6.73. The zero-order valence-corrected chi connectivity index (χ0v) is 16.0. The molecule has 29 heavy (non-hydrogen) atoms. The molecule has 0 atom stereocenters. The average Bonchev–Trinajstić information content (AvgIpc) is 3.14. The molecule has 0 aromatic heterocycles. The van der Waals surface area contributed by atoms with Crippen molar-refractivity contribution in [3.63, 3.8) is 0 Å². The van der Waals surface area contributed by atoms with Crippen LogP contribution in [0.25, 0.3) is 11.1 Å². The van der Waals surface area contributed by atoms with Gasteiger partial charge in [0.1, 0.15) is 0 Å². The molecular weight excluding hydrogens is 368 g/mol. The third-order valence-electron chi connectivity index (χ3n) is 4.90. The Balaban J connectivity index is 1.35. The topological polar surface area (TPSA) is 61.8 Å². The predicted octanol–water partition coefficient (Wildman–Crippen LogP) is 4.07. The minimum Gasteiger partial charge on any atom is -0.493 e. The number of benzene rings is 3. The molecule has 5 heteroatoms. The zero-order valence-electron chi connectivity index (χ0n) is 16.0. The molecule has 1 aliphatic rings. The molecule has 3 aromatic rings. The molecule has 0 radical (unpaired) electrons. The number of ketones is 1. The first-order valence-electron chi connectivity index (χ1n) is 9.31. The van der Waals surface area contributed by atoms with Gasteiger partial charge in [-0.1, -0.05) is 48.5 Å². The molecule has 0 heterocycles. The molecule has 0 fully saturated rings. The fraction of sp³-hybridized carbons (Fsp3) is 0.167. The summed E-state index contributed by atoms with van der Waals surface area (Å²) in [6.07, 6.45) is 0.870. The van der Waals surface area contributed by atoms with Crippen LogP contribution in [-0.2, 0) is 16.0 Å². The van der Waals surface area contributed by atoms with Crippen molar-refractivity contribution < 1.29 is 23.8 Å². The maximum atomic E-state index is 12.5. The van der Waals surface area contributed by atoms with Crippen LogP contribution in [0.4, 0.5) is 0 Å². The highest BCUT2D eigenvalue weighted by atomic mass is 16.6. The molecule has 0 amide bonds. The zero-order chi connectivity index (χ0) is 20.2. The molecule has 0 saturated heterocycles. The summed E-state index contributed by atoms with van der Waals surface area (Å²) in [5.74, 6) is 0.101. The number of ether oxygens (including phenoxy) is 3. The van der Waals surface area contributed by atoms with Gasteiger partial charge in [0.05, 0.1) is 7.11 Å². The van der Waals surface area contributed by atoms with Gasteiger partial charge in [0, 0.05) is 5.56 Å². The second kappa shape index (κ2) is 8.19. The Morgan fingerprint density at radius 1 is 0.828 bits per heavy atom. The fourth-order valence-electron chi connectivity index (χ4n) is 3.44. The van der Waals surface area contributed by atoms with E-state index in [2.05, 4.69) is 12.1 Å². The van der Waals surface area contributed by atoms with Gasteiger partial charge in [-0.25, -0.2) is 4.79 Å². The Bertz CT molecular complexity index is 1070. The third kappa shape index (κ3) is 3.99. The van der Waals surface area contributed by atoms with Gasteiger partial charge in [0.2, 0.25) is 0 Å². The number of hydrogen-bond acceptors (Lipinski definition) is 5. The molecule has 3 aromatic carbocycles. The number of fused-ring (bicyclic) bond motifs is 3. The standard InChI is InChI=1S/C24H20O5/c1-27-22-8-4-5-9-23(22)28-15-24(26)29-14-21(25)18-11-10-17-12-16-6-2-3-7-19(16)20(17)13-18/h2-11,13H,12,14-15H2,1H3. The molecule has 0 unspecified atom stereocenters. The summed E-state index contributed by atoms with van der Waals surface area (Å²) in [4.78, 5) is 24.5. The Morgan fingerprint density at radius 2 is 1.55 bits per heavy atom. The number of esters is 1. The van der Waals surface area contributed by atoms with Crippen LogP contribution in [0.1, 0.15) is 21.5 Å². The lowest BCUT2D eigenvalue weighted by Gasteiger charge is -2.10. The average molecular weight is 388 g/mol. The molecule has 0 spiro atoms. The van der Waals surface area contributed by atoms with Crippen molar-refractivity contribution in [2.45, 2.75) is 6.42 Å². The largest absolute Gasteiger partial charge is 0.493 e. The van der Waals surface area contributed by atoms with Gasteiger partial charge in [-0.2, -0.15) is 0 Å². The molecule has 146 valence electrons. The van der Waals surface area contributed by atoms with Crippen molar-refractivity contribution in [2.24, 2.45) is 0 Å². The second-order valence-corrected chi connectivity index (χ2v) is 6.73. The van der Waals surface area contributed by atoms with Crippen LogP contribution in [-0.4, -0.2) is 32.1 Å². The van der Waals surface area contributed by atoms with Crippen molar-refractivity contribution in [1.29, 1.82) is 0 Å². The van der Waals surface area contributed by atoms with Crippen LogP contribution in [0, 0.1) is 0 Å². The first-order chi connectivity index (χ1) is 14.2. The van der Waals surface area contributed by atoms with Gasteiger partial charge in [0.25, 0.3) is 0 Å². The SMILES string of the molecule is COc1ccccc1OCC(=O)OCC(=O)c1ccc2c(c1)-c1ccccc1C2. The van der Waals surface area contributed by atoms with Gasteiger partial charge in [-0.05, 0) is 46.9 Å². The summed E-state index contributed by atoms with van der Waals surface area (Å²) in [5.41, 5.74) is 5.20.